The lowest BCUT2D eigenvalue weighted by molar-refractivity contribution is 0.198. The van der Waals surface area contributed by atoms with Gasteiger partial charge in [0.15, 0.2) is 0 Å². The fourth-order valence-corrected chi connectivity index (χ4v) is 1.98. The normalized spacial score (nSPS) is 13.1. The van der Waals surface area contributed by atoms with Gasteiger partial charge in [0.25, 0.3) is 0 Å². The maximum atomic E-state index is 11.6. The molecule has 0 spiro atoms. The maximum absolute atomic E-state index is 11.6. The fraction of sp³-hybridized carbons (Fsp3) is 0.333. The van der Waals surface area contributed by atoms with Crippen LogP contribution in [-0.2, 0) is 10.0 Å². The van der Waals surface area contributed by atoms with Crippen LogP contribution in [-0.4, -0.2) is 31.2 Å². The Kier molecular flexibility index (Phi) is 3.95. The van der Waals surface area contributed by atoms with Gasteiger partial charge in [0.2, 0.25) is 10.0 Å². The van der Waals surface area contributed by atoms with Crippen LogP contribution in [0.4, 0.5) is 0 Å². The van der Waals surface area contributed by atoms with Crippen LogP contribution in [0.5, 0.6) is 0 Å². The molecule has 2 N–H and O–H groups in total. The quantitative estimate of drug-likeness (QED) is 0.747. The van der Waals surface area contributed by atoms with E-state index in [4.69, 9.17) is 10.4 Å². The smallest absolute Gasteiger partial charge is 0.242 e. The van der Waals surface area contributed by atoms with Crippen molar-refractivity contribution in [1.29, 1.82) is 5.26 Å². The number of pyridine rings is 1. The van der Waals surface area contributed by atoms with E-state index in [0.29, 0.717) is 0 Å². The molecule has 6 nitrogen and oxygen atoms in total. The number of sulfonamides is 1. The van der Waals surface area contributed by atoms with E-state index in [0.717, 1.165) is 6.20 Å². The molecular weight excluding hydrogens is 230 g/mol. The first kappa shape index (κ1) is 12.6. The number of hydrogen-bond donors (Lipinski definition) is 2. The monoisotopic (exact) mass is 241 g/mol. The Balaban J connectivity index is 2.87. The highest BCUT2D eigenvalue weighted by Crippen LogP contribution is 2.07. The van der Waals surface area contributed by atoms with Crippen LogP contribution in [0, 0.1) is 11.3 Å². The molecule has 0 bridgehead atoms. The molecule has 0 aliphatic heterocycles. The first-order chi connectivity index (χ1) is 7.45. The standard InChI is InChI=1S/C9H11N3O3S/c1-7(13)5-12-16(14,15)9-3-2-8(4-10)11-6-9/h2-3,6-7,12-13H,5H2,1H3/t7-/m0/s1. The van der Waals surface area contributed by atoms with Crippen molar-refractivity contribution in [2.45, 2.75) is 17.9 Å². The molecule has 0 aliphatic carbocycles. The minimum absolute atomic E-state index is 0.0350. The van der Waals surface area contributed by atoms with E-state index in [2.05, 4.69) is 9.71 Å². The molecule has 0 saturated heterocycles. The second-order valence-electron chi connectivity index (χ2n) is 3.19. The number of aliphatic hydroxyl groups excluding tert-OH is 1. The van der Waals surface area contributed by atoms with Crippen LogP contribution in [0.3, 0.4) is 0 Å². The molecule has 86 valence electrons. The minimum atomic E-state index is -3.66. The predicted octanol–water partition coefficient (Wildman–Crippen LogP) is -0.388. The van der Waals surface area contributed by atoms with Crippen molar-refractivity contribution < 1.29 is 13.5 Å². The van der Waals surface area contributed by atoms with E-state index in [9.17, 15) is 8.42 Å². The van der Waals surface area contributed by atoms with E-state index in [1.165, 1.54) is 19.1 Å². The minimum Gasteiger partial charge on any atom is -0.392 e. The van der Waals surface area contributed by atoms with Crippen molar-refractivity contribution in [2.75, 3.05) is 6.54 Å². The lowest BCUT2D eigenvalue weighted by atomic mass is 10.4. The Labute approximate surface area is 93.6 Å². The van der Waals surface area contributed by atoms with Crippen LogP contribution in [0.2, 0.25) is 0 Å². The van der Waals surface area contributed by atoms with Gasteiger partial charge in [-0.25, -0.2) is 18.1 Å². The van der Waals surface area contributed by atoms with Crippen molar-refractivity contribution >= 4 is 10.0 Å². The molecule has 0 saturated carbocycles. The molecule has 0 amide bonds. The summed E-state index contributed by atoms with van der Waals surface area (Å²) in [5, 5.41) is 17.5. The lowest BCUT2D eigenvalue weighted by Gasteiger charge is -2.07. The van der Waals surface area contributed by atoms with Gasteiger partial charge in [-0.05, 0) is 19.1 Å². The number of nitrogens with zero attached hydrogens (tertiary/aromatic N) is 2. The molecular formula is C9H11N3O3S. The molecule has 0 aliphatic rings. The van der Waals surface area contributed by atoms with E-state index < -0.39 is 16.1 Å². The highest BCUT2D eigenvalue weighted by molar-refractivity contribution is 7.89. The molecule has 1 aromatic heterocycles. The van der Waals surface area contributed by atoms with Crippen LogP contribution in [0.1, 0.15) is 12.6 Å². The SMILES string of the molecule is C[C@H](O)CNS(=O)(=O)c1ccc(C#N)nc1. The highest BCUT2D eigenvalue weighted by atomic mass is 32.2. The zero-order valence-corrected chi connectivity index (χ0v) is 9.40. The number of nitrogens with one attached hydrogen (secondary N) is 1. The average molecular weight is 241 g/mol. The first-order valence-electron chi connectivity index (χ1n) is 4.49. The third-order valence-corrected chi connectivity index (χ3v) is 3.14. The van der Waals surface area contributed by atoms with Crippen molar-refractivity contribution in [2.24, 2.45) is 0 Å². The summed E-state index contributed by atoms with van der Waals surface area (Å²) >= 11 is 0. The molecule has 1 aromatic rings. The highest BCUT2D eigenvalue weighted by Gasteiger charge is 2.14. The summed E-state index contributed by atoms with van der Waals surface area (Å²) in [5.41, 5.74) is 0.148. The summed E-state index contributed by atoms with van der Waals surface area (Å²) < 4.78 is 25.4. The summed E-state index contributed by atoms with van der Waals surface area (Å²) in [6.07, 6.45) is 0.337. The summed E-state index contributed by atoms with van der Waals surface area (Å²) in [5.74, 6) is 0. The van der Waals surface area contributed by atoms with E-state index >= 15 is 0 Å². The van der Waals surface area contributed by atoms with E-state index in [1.54, 1.807) is 6.07 Å². The van der Waals surface area contributed by atoms with E-state index in [1.807, 2.05) is 0 Å². The molecule has 1 rings (SSSR count). The van der Waals surface area contributed by atoms with Gasteiger partial charge in [-0.2, -0.15) is 5.26 Å². The number of aliphatic hydroxyl groups is 1. The summed E-state index contributed by atoms with van der Waals surface area (Å²) in [6.45, 7) is 1.40. The zero-order valence-electron chi connectivity index (χ0n) is 8.58. The maximum Gasteiger partial charge on any atom is 0.242 e. The third kappa shape index (κ3) is 3.27. The molecule has 7 heteroatoms. The van der Waals surface area contributed by atoms with Crippen molar-refractivity contribution in [3.05, 3.63) is 24.0 Å². The average Bonchev–Trinajstić information content (AvgIpc) is 2.27. The second-order valence-corrected chi connectivity index (χ2v) is 4.96. The van der Waals surface area contributed by atoms with Crippen LogP contribution in [0.25, 0.3) is 0 Å². The van der Waals surface area contributed by atoms with Gasteiger partial charge < -0.3 is 5.11 Å². The summed E-state index contributed by atoms with van der Waals surface area (Å²) in [6, 6.07) is 4.39. The molecule has 1 atom stereocenters. The number of nitriles is 1. The lowest BCUT2D eigenvalue weighted by Crippen LogP contribution is -2.30. The van der Waals surface area contributed by atoms with Gasteiger partial charge in [-0.15, -0.1) is 0 Å². The molecule has 0 fully saturated rings. The molecule has 0 radical (unpaired) electrons. The predicted molar refractivity (Wildman–Crippen MR) is 55.8 cm³/mol. The van der Waals surface area contributed by atoms with Gasteiger partial charge in [-0.3, -0.25) is 0 Å². The number of hydrogen-bond acceptors (Lipinski definition) is 5. The van der Waals surface area contributed by atoms with Crippen LogP contribution >= 0.6 is 0 Å². The van der Waals surface area contributed by atoms with E-state index in [-0.39, 0.29) is 17.1 Å². The topological polar surface area (TPSA) is 103 Å². The van der Waals surface area contributed by atoms with Crippen LogP contribution in [0.15, 0.2) is 23.2 Å². The number of aromatic nitrogens is 1. The second kappa shape index (κ2) is 5.03. The Morgan fingerprint density at radius 1 is 1.62 bits per heavy atom. The first-order valence-corrected chi connectivity index (χ1v) is 5.98. The van der Waals surface area contributed by atoms with Crippen molar-refractivity contribution in [3.8, 4) is 6.07 Å². The largest absolute Gasteiger partial charge is 0.392 e. The Bertz CT molecular complexity index is 488. The Morgan fingerprint density at radius 3 is 2.75 bits per heavy atom. The van der Waals surface area contributed by atoms with Gasteiger partial charge in [-0.1, -0.05) is 0 Å². The Hall–Kier alpha value is -1.49. The summed E-state index contributed by atoms with van der Waals surface area (Å²) in [4.78, 5) is 3.61. The van der Waals surface area contributed by atoms with Crippen molar-refractivity contribution in [3.63, 3.8) is 0 Å². The molecule has 16 heavy (non-hydrogen) atoms. The third-order valence-electron chi connectivity index (χ3n) is 1.73. The molecule has 0 aromatic carbocycles. The van der Waals surface area contributed by atoms with Crippen molar-refractivity contribution in [1.82, 2.24) is 9.71 Å². The van der Waals surface area contributed by atoms with Gasteiger partial charge in [0.05, 0.1) is 6.10 Å². The van der Waals surface area contributed by atoms with Gasteiger partial charge >= 0.3 is 0 Å². The van der Waals surface area contributed by atoms with Gasteiger partial charge in [0.1, 0.15) is 16.7 Å². The van der Waals surface area contributed by atoms with Gasteiger partial charge in [0, 0.05) is 12.7 Å². The number of rotatable bonds is 4. The fourth-order valence-electron chi connectivity index (χ4n) is 0.919. The molecule has 0 unspecified atom stereocenters. The van der Waals surface area contributed by atoms with Crippen LogP contribution < -0.4 is 4.72 Å². The summed E-state index contributed by atoms with van der Waals surface area (Å²) in [7, 11) is -3.66. The molecule has 1 heterocycles. The Morgan fingerprint density at radius 2 is 2.31 bits per heavy atom. The zero-order chi connectivity index (χ0) is 12.2.